The SMILES string of the molecule is Cc1nocc1-c1ccc2c(-c3nc(N[C@H]4C[C@@H](O)CN(C(=O)OC(C)(C)C)C4)ncc3C(F)(F)F)cn(-c3ccccc3)c2n1. The largest absolute Gasteiger partial charge is 0.444 e. The molecule has 0 bridgehead atoms. The summed E-state index contributed by atoms with van der Waals surface area (Å²) in [5.41, 5.74) is 0.989. The maximum absolute atomic E-state index is 14.4. The van der Waals surface area contributed by atoms with E-state index in [0.29, 0.717) is 33.7 Å². The Kier molecular flexibility index (Phi) is 7.92. The molecule has 1 aliphatic heterocycles. The number of para-hydroxylation sites is 1. The van der Waals surface area contributed by atoms with Crippen molar-refractivity contribution in [2.24, 2.45) is 0 Å². The minimum atomic E-state index is -4.77. The summed E-state index contributed by atoms with van der Waals surface area (Å²) in [5.74, 6) is -0.0866. The zero-order valence-electron chi connectivity index (χ0n) is 25.5. The van der Waals surface area contributed by atoms with Crippen molar-refractivity contribution in [2.45, 2.75) is 58.0 Å². The number of aromatic nitrogens is 5. The lowest BCUT2D eigenvalue weighted by molar-refractivity contribution is -0.137. The van der Waals surface area contributed by atoms with Crippen LogP contribution in [0.25, 0.3) is 39.2 Å². The molecule has 2 atom stereocenters. The lowest BCUT2D eigenvalue weighted by atomic mass is 10.0. The van der Waals surface area contributed by atoms with Crippen molar-refractivity contribution in [3.8, 4) is 28.2 Å². The number of fused-ring (bicyclic) bond motifs is 1. The van der Waals surface area contributed by atoms with E-state index in [1.54, 1.807) is 50.6 Å². The molecule has 6 rings (SSSR count). The normalized spacial score (nSPS) is 17.3. The molecular weight excluding hydrogens is 603 g/mol. The minimum Gasteiger partial charge on any atom is -0.444 e. The Bertz CT molecular complexity index is 1880. The van der Waals surface area contributed by atoms with Crippen LogP contribution in [-0.2, 0) is 10.9 Å². The lowest BCUT2D eigenvalue weighted by Crippen LogP contribution is -2.52. The second-order valence-corrected chi connectivity index (χ2v) is 12.2. The molecule has 14 heteroatoms. The van der Waals surface area contributed by atoms with Gasteiger partial charge in [0.2, 0.25) is 5.95 Å². The number of nitrogens with one attached hydrogen (secondary N) is 1. The summed E-state index contributed by atoms with van der Waals surface area (Å²) in [4.78, 5) is 27.2. The molecular formula is C32H32F3N7O4. The number of carbonyl (C=O) groups excluding carboxylic acids is 1. The van der Waals surface area contributed by atoms with E-state index in [2.05, 4.69) is 20.4 Å². The van der Waals surface area contributed by atoms with Gasteiger partial charge in [-0.05, 0) is 58.4 Å². The van der Waals surface area contributed by atoms with Gasteiger partial charge in [-0.1, -0.05) is 23.4 Å². The zero-order valence-corrected chi connectivity index (χ0v) is 25.5. The highest BCUT2D eigenvalue weighted by Gasteiger charge is 2.37. The number of aliphatic hydroxyl groups excluding tert-OH is 1. The Labute approximate surface area is 262 Å². The number of likely N-dealkylation sites (tertiary alicyclic amines) is 1. The van der Waals surface area contributed by atoms with E-state index in [9.17, 15) is 23.1 Å². The second kappa shape index (κ2) is 11.7. The number of aliphatic hydroxyl groups is 1. The molecule has 240 valence electrons. The van der Waals surface area contributed by atoms with Crippen LogP contribution in [0.1, 0.15) is 38.4 Å². The van der Waals surface area contributed by atoms with Gasteiger partial charge < -0.3 is 29.2 Å². The number of aryl methyl sites for hydroxylation is 1. The third-order valence-corrected chi connectivity index (χ3v) is 7.47. The predicted octanol–water partition coefficient (Wildman–Crippen LogP) is 6.25. The number of rotatable bonds is 5. The van der Waals surface area contributed by atoms with E-state index >= 15 is 0 Å². The van der Waals surface area contributed by atoms with Gasteiger partial charge in [-0.2, -0.15) is 13.2 Å². The number of benzene rings is 1. The first-order valence-electron chi connectivity index (χ1n) is 14.6. The summed E-state index contributed by atoms with van der Waals surface area (Å²) >= 11 is 0. The third-order valence-electron chi connectivity index (χ3n) is 7.47. The Morgan fingerprint density at radius 1 is 1.07 bits per heavy atom. The van der Waals surface area contributed by atoms with Gasteiger partial charge in [0, 0.05) is 41.6 Å². The van der Waals surface area contributed by atoms with E-state index in [0.717, 1.165) is 6.20 Å². The van der Waals surface area contributed by atoms with Crippen molar-refractivity contribution >= 4 is 23.1 Å². The number of nitrogens with zero attached hydrogens (tertiary/aromatic N) is 6. The number of ether oxygens (including phenoxy) is 1. The first kappa shape index (κ1) is 31.0. The van der Waals surface area contributed by atoms with Crippen LogP contribution >= 0.6 is 0 Å². The first-order chi connectivity index (χ1) is 21.8. The van der Waals surface area contributed by atoms with Gasteiger partial charge in [0.15, 0.2) is 0 Å². The first-order valence-corrected chi connectivity index (χ1v) is 14.6. The lowest BCUT2D eigenvalue weighted by Gasteiger charge is -2.36. The van der Waals surface area contributed by atoms with Crippen LogP contribution < -0.4 is 5.32 Å². The van der Waals surface area contributed by atoms with Gasteiger partial charge in [0.1, 0.15) is 23.1 Å². The standard InChI is InChI=1S/C32H32F3N7O4/c1-18-24(17-45-40-18)26-11-10-22-23(16-42(28(22)38-26)20-8-6-5-7-9-20)27-25(32(33,34)35)13-36-29(39-27)37-19-12-21(43)15-41(14-19)30(44)46-31(2,3)4/h5-11,13,16-17,19,21,43H,12,14-15H2,1-4H3,(H,36,37,39)/t19-,21+/m0/s1. The number of halogens is 3. The Morgan fingerprint density at radius 2 is 1.83 bits per heavy atom. The minimum absolute atomic E-state index is 0.0641. The molecule has 0 saturated carbocycles. The van der Waals surface area contributed by atoms with Crippen molar-refractivity contribution in [2.75, 3.05) is 18.4 Å². The van der Waals surface area contributed by atoms with E-state index < -0.39 is 35.6 Å². The molecule has 0 aliphatic carbocycles. The van der Waals surface area contributed by atoms with E-state index in [4.69, 9.17) is 14.2 Å². The number of carbonyl (C=O) groups is 1. The van der Waals surface area contributed by atoms with Gasteiger partial charge in [-0.15, -0.1) is 0 Å². The van der Waals surface area contributed by atoms with Gasteiger partial charge in [0.05, 0.1) is 35.3 Å². The molecule has 11 nitrogen and oxygen atoms in total. The van der Waals surface area contributed by atoms with Crippen molar-refractivity contribution < 1.29 is 32.3 Å². The van der Waals surface area contributed by atoms with E-state index in [-0.39, 0.29) is 36.7 Å². The molecule has 5 heterocycles. The number of alkyl halides is 3. The van der Waals surface area contributed by atoms with Crippen LogP contribution in [0.15, 0.2) is 65.6 Å². The smallest absolute Gasteiger partial charge is 0.419 e. The maximum atomic E-state index is 14.4. The van der Waals surface area contributed by atoms with Crippen LogP contribution in [0, 0.1) is 6.92 Å². The number of hydrogen-bond donors (Lipinski definition) is 2. The average molecular weight is 636 g/mol. The summed E-state index contributed by atoms with van der Waals surface area (Å²) < 4.78 is 55.6. The number of amides is 1. The number of hydrogen-bond acceptors (Lipinski definition) is 9. The molecule has 0 spiro atoms. The molecule has 1 aromatic carbocycles. The van der Waals surface area contributed by atoms with E-state index in [1.165, 1.54) is 11.2 Å². The maximum Gasteiger partial charge on any atom is 0.419 e. The molecule has 1 amide bonds. The predicted molar refractivity (Wildman–Crippen MR) is 163 cm³/mol. The van der Waals surface area contributed by atoms with Crippen LogP contribution in [-0.4, -0.2) is 71.6 Å². The molecule has 2 N–H and O–H groups in total. The van der Waals surface area contributed by atoms with E-state index in [1.807, 2.05) is 30.3 Å². The highest BCUT2D eigenvalue weighted by atomic mass is 19.4. The summed E-state index contributed by atoms with van der Waals surface area (Å²) in [6.45, 7) is 7.18. The van der Waals surface area contributed by atoms with Crippen LogP contribution in [0.4, 0.5) is 23.9 Å². The number of pyridine rings is 1. The Morgan fingerprint density at radius 3 is 2.50 bits per heavy atom. The highest BCUT2D eigenvalue weighted by Crippen LogP contribution is 2.40. The van der Waals surface area contributed by atoms with Gasteiger partial charge in [-0.25, -0.2) is 19.7 Å². The molecule has 1 aliphatic rings. The number of β-amino-alcohol motifs (C(OH)–C–C–N with tert-alkyl or cyclic N) is 1. The quantitative estimate of drug-likeness (QED) is 0.230. The molecule has 1 fully saturated rings. The van der Waals surface area contributed by atoms with Gasteiger partial charge in [-0.3, -0.25) is 0 Å². The number of piperidine rings is 1. The summed E-state index contributed by atoms with van der Waals surface area (Å²) in [6.07, 6.45) is -2.25. The molecule has 46 heavy (non-hydrogen) atoms. The second-order valence-electron chi connectivity index (χ2n) is 12.2. The van der Waals surface area contributed by atoms with Crippen LogP contribution in [0.3, 0.4) is 0 Å². The van der Waals surface area contributed by atoms with Crippen LogP contribution in [0.2, 0.25) is 0 Å². The molecule has 0 radical (unpaired) electrons. The molecule has 0 unspecified atom stereocenters. The van der Waals surface area contributed by atoms with Crippen molar-refractivity contribution in [3.63, 3.8) is 0 Å². The third kappa shape index (κ3) is 6.38. The fourth-order valence-corrected chi connectivity index (χ4v) is 5.46. The summed E-state index contributed by atoms with van der Waals surface area (Å²) in [6, 6.07) is 12.0. The Balaban J connectivity index is 1.43. The Hall–Kier alpha value is -4.98. The summed E-state index contributed by atoms with van der Waals surface area (Å²) in [5, 5.41) is 17.9. The van der Waals surface area contributed by atoms with Crippen molar-refractivity contribution in [3.05, 3.63) is 72.4 Å². The molecule has 4 aromatic heterocycles. The topological polar surface area (TPSA) is 131 Å². The monoisotopic (exact) mass is 635 g/mol. The molecule has 5 aromatic rings. The van der Waals surface area contributed by atoms with Crippen molar-refractivity contribution in [1.29, 1.82) is 0 Å². The highest BCUT2D eigenvalue weighted by molar-refractivity contribution is 5.96. The molecule has 1 saturated heterocycles. The van der Waals surface area contributed by atoms with Crippen LogP contribution in [0.5, 0.6) is 0 Å². The van der Waals surface area contributed by atoms with Gasteiger partial charge >= 0.3 is 12.3 Å². The van der Waals surface area contributed by atoms with Crippen molar-refractivity contribution in [1.82, 2.24) is 29.6 Å². The average Bonchev–Trinajstić information content (AvgIpc) is 3.59. The fourth-order valence-electron chi connectivity index (χ4n) is 5.46. The fraction of sp³-hybridized carbons (Fsp3) is 0.344. The summed E-state index contributed by atoms with van der Waals surface area (Å²) in [7, 11) is 0. The zero-order chi connectivity index (χ0) is 32.8. The van der Waals surface area contributed by atoms with Gasteiger partial charge in [0.25, 0.3) is 0 Å². The number of anilines is 1.